The van der Waals surface area contributed by atoms with Crippen LogP contribution in [0.15, 0.2) is 4.52 Å². The summed E-state index contributed by atoms with van der Waals surface area (Å²) in [5.41, 5.74) is 5.47. The predicted octanol–water partition coefficient (Wildman–Crippen LogP) is 0.295. The molecule has 0 spiro atoms. The van der Waals surface area contributed by atoms with Gasteiger partial charge < -0.3 is 19.7 Å². The lowest BCUT2D eigenvalue weighted by molar-refractivity contribution is 0.0804. The van der Waals surface area contributed by atoms with Gasteiger partial charge in [-0.3, -0.25) is 0 Å². The average molecular weight is 215 g/mol. The molecule has 86 valence electrons. The molecule has 1 aromatic rings. The second-order valence-electron chi connectivity index (χ2n) is 3.11. The maximum Gasteiger partial charge on any atom is 0.257 e. The Morgan fingerprint density at radius 1 is 1.47 bits per heavy atom. The Bertz CT molecular complexity index is 273. The van der Waals surface area contributed by atoms with E-state index in [1.54, 1.807) is 14.2 Å². The lowest BCUT2D eigenvalue weighted by Gasteiger charge is -2.05. The van der Waals surface area contributed by atoms with Gasteiger partial charge in [-0.15, -0.1) is 0 Å². The maximum atomic E-state index is 5.47. The van der Waals surface area contributed by atoms with Crippen molar-refractivity contribution >= 4 is 0 Å². The fraction of sp³-hybridized carbons (Fsp3) is 0.778. The molecule has 1 heterocycles. The van der Waals surface area contributed by atoms with Crippen LogP contribution >= 0.6 is 0 Å². The van der Waals surface area contributed by atoms with Crippen molar-refractivity contribution in [2.75, 3.05) is 27.4 Å². The summed E-state index contributed by atoms with van der Waals surface area (Å²) in [6.45, 7) is 1.02. The molecule has 6 heteroatoms. The molecule has 2 N–H and O–H groups in total. The number of methoxy groups -OCH3 is 2. The van der Waals surface area contributed by atoms with Crippen molar-refractivity contribution in [1.29, 1.82) is 0 Å². The molecule has 0 bridgehead atoms. The van der Waals surface area contributed by atoms with Gasteiger partial charge in [0.2, 0.25) is 0 Å². The minimum atomic E-state index is -0.311. The summed E-state index contributed by atoms with van der Waals surface area (Å²) in [5, 5.41) is 3.83. The molecule has 0 saturated heterocycles. The lowest BCUT2D eigenvalue weighted by atomic mass is 10.3. The molecule has 0 aliphatic carbocycles. The molecular weight excluding hydrogens is 198 g/mol. The first-order valence-electron chi connectivity index (χ1n) is 4.86. The number of aryl methyl sites for hydroxylation is 1. The van der Waals surface area contributed by atoms with Crippen LogP contribution in [0.25, 0.3) is 0 Å². The van der Waals surface area contributed by atoms with Crippen LogP contribution in [0, 0.1) is 0 Å². The van der Waals surface area contributed by atoms with Crippen LogP contribution in [0.3, 0.4) is 0 Å². The minimum Gasteiger partial charge on any atom is -0.385 e. The molecule has 6 nitrogen and oxygen atoms in total. The van der Waals surface area contributed by atoms with Crippen LogP contribution < -0.4 is 5.73 Å². The van der Waals surface area contributed by atoms with Crippen LogP contribution in [0.1, 0.15) is 24.2 Å². The standard InChI is InChI=1S/C9H17N3O3/c1-13-5-3-4-8-11-9(15-12-8)7(6-10)14-2/h7H,3-6,10H2,1-2H3. The third kappa shape index (κ3) is 3.58. The van der Waals surface area contributed by atoms with E-state index in [4.69, 9.17) is 19.7 Å². The zero-order chi connectivity index (χ0) is 11.1. The highest BCUT2D eigenvalue weighted by Gasteiger charge is 2.16. The second kappa shape index (κ2) is 6.49. The third-order valence-electron chi connectivity index (χ3n) is 2.01. The molecule has 15 heavy (non-hydrogen) atoms. The van der Waals surface area contributed by atoms with E-state index in [0.717, 1.165) is 12.8 Å². The first kappa shape index (κ1) is 12.1. The molecule has 0 fully saturated rings. The Balaban J connectivity index is 2.47. The van der Waals surface area contributed by atoms with Gasteiger partial charge in [0.05, 0.1) is 0 Å². The fourth-order valence-corrected chi connectivity index (χ4v) is 1.17. The molecular formula is C9H17N3O3. The Morgan fingerprint density at radius 3 is 2.87 bits per heavy atom. The van der Waals surface area contributed by atoms with Crippen molar-refractivity contribution in [2.24, 2.45) is 5.73 Å². The van der Waals surface area contributed by atoms with Crippen LogP contribution in [-0.4, -0.2) is 37.5 Å². The van der Waals surface area contributed by atoms with Crippen LogP contribution in [0.5, 0.6) is 0 Å². The largest absolute Gasteiger partial charge is 0.385 e. The van der Waals surface area contributed by atoms with Crippen molar-refractivity contribution in [3.05, 3.63) is 11.7 Å². The fourth-order valence-electron chi connectivity index (χ4n) is 1.17. The lowest BCUT2D eigenvalue weighted by Crippen LogP contribution is -2.14. The van der Waals surface area contributed by atoms with Crippen LogP contribution in [-0.2, 0) is 15.9 Å². The molecule has 1 aromatic heterocycles. The highest BCUT2D eigenvalue weighted by molar-refractivity contribution is 4.91. The molecule has 0 aliphatic rings. The zero-order valence-electron chi connectivity index (χ0n) is 9.10. The zero-order valence-corrected chi connectivity index (χ0v) is 9.10. The van der Waals surface area contributed by atoms with Gasteiger partial charge in [0.15, 0.2) is 5.82 Å². The molecule has 1 atom stereocenters. The van der Waals surface area contributed by atoms with E-state index >= 15 is 0 Å². The monoisotopic (exact) mass is 215 g/mol. The Labute approximate surface area is 88.7 Å². The van der Waals surface area contributed by atoms with Gasteiger partial charge in [-0.05, 0) is 6.42 Å². The summed E-state index contributed by atoms with van der Waals surface area (Å²) in [4.78, 5) is 4.19. The number of ether oxygens (including phenoxy) is 2. The molecule has 0 aliphatic heterocycles. The van der Waals surface area contributed by atoms with Gasteiger partial charge in [-0.25, -0.2) is 0 Å². The van der Waals surface area contributed by atoms with E-state index < -0.39 is 0 Å². The van der Waals surface area contributed by atoms with E-state index in [9.17, 15) is 0 Å². The number of rotatable bonds is 7. The van der Waals surface area contributed by atoms with Crippen LogP contribution in [0.4, 0.5) is 0 Å². The molecule has 1 unspecified atom stereocenters. The first-order chi connectivity index (χ1) is 7.31. The third-order valence-corrected chi connectivity index (χ3v) is 2.01. The number of hydrogen-bond donors (Lipinski definition) is 1. The van der Waals surface area contributed by atoms with Crippen molar-refractivity contribution < 1.29 is 14.0 Å². The van der Waals surface area contributed by atoms with Crippen molar-refractivity contribution in [2.45, 2.75) is 18.9 Å². The van der Waals surface area contributed by atoms with Gasteiger partial charge >= 0.3 is 0 Å². The molecule has 1 rings (SSSR count). The highest BCUT2D eigenvalue weighted by atomic mass is 16.5. The summed E-state index contributed by atoms with van der Waals surface area (Å²) < 4.78 is 15.0. The first-order valence-corrected chi connectivity index (χ1v) is 4.86. The highest BCUT2D eigenvalue weighted by Crippen LogP contribution is 2.12. The predicted molar refractivity (Wildman–Crippen MR) is 53.3 cm³/mol. The van der Waals surface area contributed by atoms with Crippen molar-refractivity contribution in [3.63, 3.8) is 0 Å². The van der Waals surface area contributed by atoms with Gasteiger partial charge in [0.25, 0.3) is 5.89 Å². The van der Waals surface area contributed by atoms with E-state index in [0.29, 0.717) is 24.9 Å². The van der Waals surface area contributed by atoms with Gasteiger partial charge in [-0.1, -0.05) is 5.16 Å². The maximum absolute atomic E-state index is 5.47. The van der Waals surface area contributed by atoms with E-state index in [-0.39, 0.29) is 6.10 Å². The quantitative estimate of drug-likeness (QED) is 0.658. The van der Waals surface area contributed by atoms with Crippen LogP contribution in [0.2, 0.25) is 0 Å². The van der Waals surface area contributed by atoms with E-state index in [1.165, 1.54) is 0 Å². The normalized spacial score (nSPS) is 13.0. The summed E-state index contributed by atoms with van der Waals surface area (Å²) in [7, 11) is 3.23. The molecule has 0 aromatic carbocycles. The number of hydrogen-bond acceptors (Lipinski definition) is 6. The summed E-state index contributed by atoms with van der Waals surface area (Å²) in [6.07, 6.45) is 1.29. The van der Waals surface area contributed by atoms with Crippen molar-refractivity contribution in [1.82, 2.24) is 10.1 Å². The second-order valence-corrected chi connectivity index (χ2v) is 3.11. The Morgan fingerprint density at radius 2 is 2.27 bits per heavy atom. The Kier molecular flexibility index (Phi) is 5.23. The van der Waals surface area contributed by atoms with E-state index in [2.05, 4.69) is 10.1 Å². The van der Waals surface area contributed by atoms with Gasteiger partial charge in [0.1, 0.15) is 6.10 Å². The number of nitrogens with zero attached hydrogens (tertiary/aromatic N) is 2. The average Bonchev–Trinajstić information content (AvgIpc) is 2.69. The van der Waals surface area contributed by atoms with Gasteiger partial charge in [0, 0.05) is 33.8 Å². The van der Waals surface area contributed by atoms with Gasteiger partial charge in [-0.2, -0.15) is 4.98 Å². The summed E-state index contributed by atoms with van der Waals surface area (Å²) >= 11 is 0. The molecule has 0 radical (unpaired) electrons. The minimum absolute atomic E-state index is 0.311. The van der Waals surface area contributed by atoms with Crippen molar-refractivity contribution in [3.8, 4) is 0 Å². The topological polar surface area (TPSA) is 83.4 Å². The smallest absolute Gasteiger partial charge is 0.257 e. The Hall–Kier alpha value is -0.980. The molecule has 0 amide bonds. The number of nitrogens with two attached hydrogens (primary N) is 1. The van der Waals surface area contributed by atoms with E-state index in [1.807, 2.05) is 0 Å². The molecule has 0 saturated carbocycles. The summed E-state index contributed by atoms with van der Waals surface area (Å²) in [5.74, 6) is 1.10. The summed E-state index contributed by atoms with van der Waals surface area (Å²) in [6, 6.07) is 0. The number of aromatic nitrogens is 2. The SMILES string of the molecule is COCCCc1noc(C(CN)OC)n1.